The molecular formula is C4H3F3N2. The average molecular weight is 136 g/mol. The van der Waals surface area contributed by atoms with E-state index in [4.69, 9.17) is 0 Å². The van der Waals surface area contributed by atoms with E-state index in [2.05, 4.69) is 9.98 Å². The highest BCUT2D eigenvalue weighted by Crippen LogP contribution is 2.22. The number of rotatable bonds is 0. The molecule has 9 heavy (non-hydrogen) atoms. The molecule has 50 valence electrons. The zero-order chi connectivity index (χ0) is 6.91. The summed E-state index contributed by atoms with van der Waals surface area (Å²) in [5.74, 6) is 0. The zero-order valence-electron chi connectivity index (χ0n) is 4.26. The first kappa shape index (κ1) is 6.25. The number of alkyl halides is 3. The zero-order valence-corrected chi connectivity index (χ0v) is 4.26. The highest BCUT2D eigenvalue weighted by Gasteiger charge is 2.39. The van der Waals surface area contributed by atoms with E-state index in [0.29, 0.717) is 0 Å². The fraction of sp³-hybridized carbons (Fsp3) is 0.500. The third-order valence-corrected chi connectivity index (χ3v) is 0.857. The van der Waals surface area contributed by atoms with E-state index in [0.717, 1.165) is 12.6 Å². The Balaban J connectivity index is 2.64. The Labute approximate surface area is 49.1 Å². The van der Waals surface area contributed by atoms with E-state index in [1.54, 1.807) is 0 Å². The maximum absolute atomic E-state index is 11.6. The Bertz CT molecular complexity index is 146. The van der Waals surface area contributed by atoms with E-state index >= 15 is 0 Å². The lowest BCUT2D eigenvalue weighted by atomic mass is 10.3. The quantitative estimate of drug-likeness (QED) is 0.475. The number of nitrogens with zero attached hydrogens (tertiary/aromatic N) is 2. The van der Waals surface area contributed by atoms with Gasteiger partial charge in [-0.25, -0.2) is 4.99 Å². The van der Waals surface area contributed by atoms with Crippen LogP contribution < -0.4 is 0 Å². The third-order valence-electron chi connectivity index (χ3n) is 0.857. The van der Waals surface area contributed by atoms with Gasteiger partial charge in [-0.3, -0.25) is 4.99 Å². The minimum Gasteiger partial charge on any atom is -0.255 e. The molecule has 1 rings (SSSR count). The Morgan fingerprint density at radius 3 is 2.22 bits per heavy atom. The average Bonchev–Trinajstić information content (AvgIpc) is 2.08. The summed E-state index contributed by atoms with van der Waals surface area (Å²) in [6, 6.07) is -1.71. The molecule has 0 fully saturated rings. The summed E-state index contributed by atoms with van der Waals surface area (Å²) in [4.78, 5) is 6.23. The Morgan fingerprint density at radius 1 is 1.33 bits per heavy atom. The molecule has 0 amide bonds. The monoisotopic (exact) mass is 136 g/mol. The molecule has 1 heterocycles. The van der Waals surface area contributed by atoms with Gasteiger partial charge in [-0.05, 0) is 0 Å². The first-order chi connectivity index (χ1) is 4.11. The highest BCUT2D eigenvalue weighted by molar-refractivity contribution is 5.82. The Morgan fingerprint density at radius 2 is 2.00 bits per heavy atom. The normalized spacial score (nSPS) is 25.4. The van der Waals surface area contributed by atoms with E-state index in [9.17, 15) is 13.2 Å². The van der Waals surface area contributed by atoms with Crippen LogP contribution in [0.25, 0.3) is 0 Å². The van der Waals surface area contributed by atoms with Gasteiger partial charge in [-0.1, -0.05) is 0 Å². The van der Waals surface area contributed by atoms with Crippen molar-refractivity contribution in [2.24, 2.45) is 9.98 Å². The van der Waals surface area contributed by atoms with Crippen LogP contribution in [0.1, 0.15) is 0 Å². The summed E-state index contributed by atoms with van der Waals surface area (Å²) in [5.41, 5.74) is 0. The summed E-state index contributed by atoms with van der Waals surface area (Å²) >= 11 is 0. The smallest absolute Gasteiger partial charge is 0.255 e. The van der Waals surface area contributed by atoms with Crippen molar-refractivity contribution in [3.05, 3.63) is 0 Å². The SMILES string of the molecule is FC(F)(F)[C@H]1C=NC=N1. The van der Waals surface area contributed by atoms with Gasteiger partial charge >= 0.3 is 6.18 Å². The molecule has 1 aliphatic rings. The Kier molecular flexibility index (Phi) is 1.27. The lowest BCUT2D eigenvalue weighted by Gasteiger charge is -2.06. The van der Waals surface area contributed by atoms with Crippen LogP contribution in [0.2, 0.25) is 0 Å². The summed E-state index contributed by atoms with van der Waals surface area (Å²) in [6.07, 6.45) is -2.60. The predicted molar refractivity (Wildman–Crippen MR) is 26.8 cm³/mol. The fourth-order valence-electron chi connectivity index (χ4n) is 0.438. The second kappa shape index (κ2) is 1.82. The number of aliphatic imine (C=N–C) groups is 2. The Hall–Kier alpha value is -0.870. The summed E-state index contributed by atoms with van der Waals surface area (Å²) in [7, 11) is 0. The molecule has 5 heteroatoms. The molecule has 0 aromatic rings. The second-order valence-corrected chi connectivity index (χ2v) is 1.55. The molecule has 0 aromatic carbocycles. The van der Waals surface area contributed by atoms with Gasteiger partial charge < -0.3 is 0 Å². The van der Waals surface area contributed by atoms with Gasteiger partial charge in [0.2, 0.25) is 0 Å². The van der Waals surface area contributed by atoms with Crippen molar-refractivity contribution < 1.29 is 13.2 Å². The van der Waals surface area contributed by atoms with Crippen molar-refractivity contribution in [3.63, 3.8) is 0 Å². The van der Waals surface area contributed by atoms with Crippen LogP contribution in [0.15, 0.2) is 9.98 Å². The first-order valence-electron chi connectivity index (χ1n) is 2.22. The predicted octanol–water partition coefficient (Wildman–Crippen LogP) is 1.03. The van der Waals surface area contributed by atoms with Crippen molar-refractivity contribution >= 4 is 12.6 Å². The van der Waals surface area contributed by atoms with E-state index in [-0.39, 0.29) is 0 Å². The van der Waals surface area contributed by atoms with Crippen molar-refractivity contribution in [2.45, 2.75) is 12.2 Å². The van der Waals surface area contributed by atoms with Crippen LogP contribution in [-0.2, 0) is 0 Å². The lowest BCUT2D eigenvalue weighted by molar-refractivity contribution is -0.130. The molecule has 0 spiro atoms. The molecule has 0 N–H and O–H groups in total. The molecule has 2 nitrogen and oxygen atoms in total. The van der Waals surface area contributed by atoms with Gasteiger partial charge in [-0.2, -0.15) is 13.2 Å². The van der Waals surface area contributed by atoms with Crippen LogP contribution in [-0.4, -0.2) is 24.8 Å². The number of halogens is 3. The van der Waals surface area contributed by atoms with Crippen molar-refractivity contribution in [1.29, 1.82) is 0 Å². The second-order valence-electron chi connectivity index (χ2n) is 1.55. The number of hydrogen-bond donors (Lipinski definition) is 0. The minimum atomic E-state index is -4.27. The van der Waals surface area contributed by atoms with Gasteiger partial charge in [0.05, 0.1) is 0 Å². The van der Waals surface area contributed by atoms with Crippen LogP contribution in [0.5, 0.6) is 0 Å². The van der Waals surface area contributed by atoms with Crippen LogP contribution in [0.3, 0.4) is 0 Å². The minimum absolute atomic E-state index is 0.764. The molecular weight excluding hydrogens is 133 g/mol. The molecule has 0 radical (unpaired) electrons. The standard InChI is InChI=1S/C4H3F3N2/c5-4(6,7)3-1-8-2-9-3/h1-3H/t3-/m1/s1. The van der Waals surface area contributed by atoms with E-state index < -0.39 is 12.2 Å². The lowest BCUT2D eigenvalue weighted by Crippen LogP contribution is -2.26. The molecule has 0 aromatic heterocycles. The first-order valence-corrected chi connectivity index (χ1v) is 2.22. The molecule has 0 saturated heterocycles. The summed E-state index contributed by atoms with van der Waals surface area (Å²) in [6.45, 7) is 0. The van der Waals surface area contributed by atoms with E-state index in [1.807, 2.05) is 0 Å². The molecule has 0 bridgehead atoms. The van der Waals surface area contributed by atoms with Crippen LogP contribution >= 0.6 is 0 Å². The topological polar surface area (TPSA) is 24.7 Å². The maximum Gasteiger partial charge on any atom is 0.415 e. The van der Waals surface area contributed by atoms with Gasteiger partial charge in [0.15, 0.2) is 6.04 Å². The molecule has 0 unspecified atom stereocenters. The molecule has 0 saturated carbocycles. The molecule has 0 aliphatic carbocycles. The molecule has 1 atom stereocenters. The summed E-state index contributed by atoms with van der Waals surface area (Å²) in [5, 5.41) is 0. The molecule has 1 aliphatic heterocycles. The fourth-order valence-corrected chi connectivity index (χ4v) is 0.438. The highest BCUT2D eigenvalue weighted by atomic mass is 19.4. The van der Waals surface area contributed by atoms with Gasteiger partial charge in [0.1, 0.15) is 6.34 Å². The van der Waals surface area contributed by atoms with Crippen LogP contribution in [0, 0.1) is 0 Å². The summed E-state index contributed by atoms with van der Waals surface area (Å²) < 4.78 is 34.7. The van der Waals surface area contributed by atoms with E-state index in [1.165, 1.54) is 0 Å². The van der Waals surface area contributed by atoms with Gasteiger partial charge in [-0.15, -0.1) is 0 Å². The third kappa shape index (κ3) is 1.28. The van der Waals surface area contributed by atoms with Crippen molar-refractivity contribution in [3.8, 4) is 0 Å². The van der Waals surface area contributed by atoms with Gasteiger partial charge in [0, 0.05) is 6.21 Å². The largest absolute Gasteiger partial charge is 0.415 e. The van der Waals surface area contributed by atoms with Crippen molar-refractivity contribution in [1.82, 2.24) is 0 Å². The van der Waals surface area contributed by atoms with Gasteiger partial charge in [0.25, 0.3) is 0 Å². The maximum atomic E-state index is 11.6. The van der Waals surface area contributed by atoms with Crippen LogP contribution in [0.4, 0.5) is 13.2 Å². The number of hydrogen-bond acceptors (Lipinski definition) is 2. The van der Waals surface area contributed by atoms with Crippen molar-refractivity contribution in [2.75, 3.05) is 0 Å².